The molecule has 2 N–H and O–H groups in total. The number of benzene rings is 1. The van der Waals surface area contributed by atoms with E-state index in [1.54, 1.807) is 24.3 Å². The molecule has 102 valence electrons. The fraction of sp³-hybridized carbons (Fsp3) is 0.0714. The Labute approximate surface area is 115 Å². The summed E-state index contributed by atoms with van der Waals surface area (Å²) in [7, 11) is 1.47. The Kier molecular flexibility index (Phi) is 4.28. The fourth-order valence-corrected chi connectivity index (χ4v) is 1.58. The van der Waals surface area contributed by atoms with Crippen LogP contribution in [0.15, 0.2) is 41.8 Å². The number of nitrogens with zero attached hydrogens (tertiary/aromatic N) is 2. The number of hydrazone groups is 1. The lowest BCUT2D eigenvalue weighted by molar-refractivity contribution is 0.112. The first-order chi connectivity index (χ1) is 9.76. The van der Waals surface area contributed by atoms with Crippen LogP contribution < -0.4 is 10.2 Å². The van der Waals surface area contributed by atoms with Gasteiger partial charge in [0.05, 0.1) is 25.2 Å². The van der Waals surface area contributed by atoms with Gasteiger partial charge in [-0.25, -0.2) is 0 Å². The number of hydrogen-bond donors (Lipinski definition) is 2. The summed E-state index contributed by atoms with van der Waals surface area (Å²) >= 11 is 0. The quantitative estimate of drug-likeness (QED) is 0.494. The van der Waals surface area contributed by atoms with Gasteiger partial charge in [0.25, 0.3) is 0 Å². The summed E-state index contributed by atoms with van der Waals surface area (Å²) < 4.78 is 5.00. The molecule has 0 saturated heterocycles. The molecule has 1 heterocycles. The first-order valence-corrected chi connectivity index (χ1v) is 5.80. The number of ether oxygens (including phenoxy) is 1. The Balaban J connectivity index is 2.16. The molecule has 0 saturated carbocycles. The molecular formula is C14H13N3O3. The number of methoxy groups -OCH3 is 1. The number of pyridine rings is 1. The van der Waals surface area contributed by atoms with Crippen LogP contribution in [0.3, 0.4) is 0 Å². The monoisotopic (exact) mass is 271 g/mol. The topological polar surface area (TPSA) is 83.8 Å². The van der Waals surface area contributed by atoms with Gasteiger partial charge in [0, 0.05) is 17.3 Å². The summed E-state index contributed by atoms with van der Waals surface area (Å²) in [4.78, 5) is 14.7. The van der Waals surface area contributed by atoms with Crippen LogP contribution in [0.25, 0.3) is 0 Å². The number of nitrogens with one attached hydrogen (secondary N) is 1. The van der Waals surface area contributed by atoms with Gasteiger partial charge >= 0.3 is 0 Å². The number of para-hydroxylation sites is 1. The van der Waals surface area contributed by atoms with Crippen molar-refractivity contribution < 1.29 is 14.6 Å². The lowest BCUT2D eigenvalue weighted by atomic mass is 10.2. The van der Waals surface area contributed by atoms with Crippen molar-refractivity contribution in [3.05, 3.63) is 47.8 Å². The van der Waals surface area contributed by atoms with Gasteiger partial charge in [0.1, 0.15) is 0 Å². The summed E-state index contributed by atoms with van der Waals surface area (Å²) in [5.41, 5.74) is 4.13. The van der Waals surface area contributed by atoms with Gasteiger partial charge in [-0.2, -0.15) is 5.10 Å². The molecule has 0 aliphatic rings. The largest absolute Gasteiger partial charge is 0.504 e. The van der Waals surface area contributed by atoms with Crippen molar-refractivity contribution in [2.45, 2.75) is 0 Å². The molecule has 0 bridgehead atoms. The Morgan fingerprint density at radius 2 is 2.20 bits per heavy atom. The first-order valence-electron chi connectivity index (χ1n) is 5.80. The molecule has 0 atom stereocenters. The molecule has 0 aliphatic heterocycles. The van der Waals surface area contributed by atoms with Crippen LogP contribution in [0, 0.1) is 0 Å². The Morgan fingerprint density at radius 1 is 1.35 bits per heavy atom. The summed E-state index contributed by atoms with van der Waals surface area (Å²) in [5, 5.41) is 13.8. The van der Waals surface area contributed by atoms with E-state index in [1.165, 1.54) is 25.7 Å². The number of carbonyl (C=O) groups excluding carboxylic acids is 1. The number of rotatable bonds is 5. The number of phenols is 1. The molecule has 6 heteroatoms. The van der Waals surface area contributed by atoms with E-state index in [1.807, 2.05) is 0 Å². The van der Waals surface area contributed by atoms with Crippen LogP contribution in [0.4, 0.5) is 5.69 Å². The number of anilines is 1. The van der Waals surface area contributed by atoms with Crippen molar-refractivity contribution in [3.63, 3.8) is 0 Å². The fourth-order valence-electron chi connectivity index (χ4n) is 1.58. The van der Waals surface area contributed by atoms with Gasteiger partial charge in [0.2, 0.25) is 0 Å². The third kappa shape index (κ3) is 2.92. The molecule has 20 heavy (non-hydrogen) atoms. The zero-order valence-electron chi connectivity index (χ0n) is 10.8. The first kappa shape index (κ1) is 13.5. The lowest BCUT2D eigenvalue weighted by Crippen LogP contribution is -1.96. The van der Waals surface area contributed by atoms with E-state index in [0.29, 0.717) is 28.8 Å². The molecule has 1 aromatic carbocycles. The van der Waals surface area contributed by atoms with Gasteiger partial charge in [-0.05, 0) is 18.2 Å². The highest BCUT2D eigenvalue weighted by atomic mass is 16.5. The van der Waals surface area contributed by atoms with Crippen LogP contribution in [0.5, 0.6) is 11.5 Å². The van der Waals surface area contributed by atoms with E-state index < -0.39 is 0 Å². The molecule has 0 aliphatic carbocycles. The Morgan fingerprint density at radius 3 is 2.95 bits per heavy atom. The molecule has 0 spiro atoms. The number of aromatic hydroxyl groups is 1. The van der Waals surface area contributed by atoms with E-state index in [9.17, 15) is 9.90 Å². The SMILES string of the molecule is COc1cccc(/C=N/Nc2cnccc2C=O)c1O. The standard InChI is InChI=1S/C14H13N3O3/c1-20-13-4-2-3-10(14(13)19)7-16-17-12-8-15-6-5-11(12)9-18/h2-9,17,19H,1H3/b16-7+. The van der Waals surface area contributed by atoms with Crippen molar-refractivity contribution in [2.24, 2.45) is 5.10 Å². The molecule has 1 aromatic heterocycles. The van der Waals surface area contributed by atoms with E-state index in [4.69, 9.17) is 4.74 Å². The molecule has 2 rings (SSSR count). The maximum Gasteiger partial charge on any atom is 0.166 e. The second kappa shape index (κ2) is 6.33. The summed E-state index contributed by atoms with van der Waals surface area (Å²) in [5.74, 6) is 0.367. The predicted octanol–water partition coefficient (Wildman–Crippen LogP) is 2.05. The smallest absolute Gasteiger partial charge is 0.166 e. The minimum Gasteiger partial charge on any atom is -0.504 e. The number of carbonyl (C=O) groups is 1. The number of phenolic OH excluding ortho intramolecular Hbond substituents is 1. The van der Waals surface area contributed by atoms with Gasteiger partial charge in [-0.3, -0.25) is 15.2 Å². The average Bonchev–Trinajstić information content (AvgIpc) is 2.49. The van der Waals surface area contributed by atoms with E-state index in [2.05, 4.69) is 15.5 Å². The molecule has 6 nitrogen and oxygen atoms in total. The second-order valence-electron chi connectivity index (χ2n) is 3.85. The van der Waals surface area contributed by atoms with Crippen molar-refractivity contribution >= 4 is 18.2 Å². The zero-order chi connectivity index (χ0) is 14.4. The number of hydrogen-bond acceptors (Lipinski definition) is 6. The van der Waals surface area contributed by atoms with Gasteiger partial charge in [-0.1, -0.05) is 6.07 Å². The van der Waals surface area contributed by atoms with Crippen LogP contribution in [0.2, 0.25) is 0 Å². The third-order valence-corrected chi connectivity index (χ3v) is 2.62. The average molecular weight is 271 g/mol. The number of aldehydes is 1. The van der Waals surface area contributed by atoms with Crippen LogP contribution in [0.1, 0.15) is 15.9 Å². The van der Waals surface area contributed by atoms with Gasteiger partial charge < -0.3 is 9.84 Å². The van der Waals surface area contributed by atoms with Crippen LogP contribution in [-0.2, 0) is 0 Å². The van der Waals surface area contributed by atoms with Crippen LogP contribution in [-0.4, -0.2) is 29.7 Å². The second-order valence-corrected chi connectivity index (χ2v) is 3.85. The van der Waals surface area contributed by atoms with Crippen molar-refractivity contribution in [3.8, 4) is 11.5 Å². The summed E-state index contributed by atoms with van der Waals surface area (Å²) in [6.07, 6.45) is 5.15. The summed E-state index contributed by atoms with van der Waals surface area (Å²) in [6.45, 7) is 0. The highest BCUT2D eigenvalue weighted by Gasteiger charge is 2.05. The van der Waals surface area contributed by atoms with Gasteiger partial charge in [0.15, 0.2) is 17.8 Å². The van der Waals surface area contributed by atoms with Crippen molar-refractivity contribution in [1.82, 2.24) is 4.98 Å². The molecule has 0 radical (unpaired) electrons. The Bertz CT molecular complexity index is 641. The maximum atomic E-state index is 10.8. The normalized spacial score (nSPS) is 10.4. The van der Waals surface area contributed by atoms with E-state index >= 15 is 0 Å². The molecule has 0 fully saturated rings. The molecule has 0 unspecified atom stereocenters. The minimum absolute atomic E-state index is 0.00217. The number of aromatic nitrogens is 1. The minimum atomic E-state index is 0.00217. The van der Waals surface area contributed by atoms with Crippen LogP contribution >= 0.6 is 0 Å². The highest BCUT2D eigenvalue weighted by molar-refractivity contribution is 5.87. The molecule has 2 aromatic rings. The van der Waals surface area contributed by atoms with E-state index in [-0.39, 0.29) is 5.75 Å². The van der Waals surface area contributed by atoms with Gasteiger partial charge in [-0.15, -0.1) is 0 Å². The van der Waals surface area contributed by atoms with Crippen molar-refractivity contribution in [1.29, 1.82) is 0 Å². The Hall–Kier alpha value is -2.89. The van der Waals surface area contributed by atoms with E-state index in [0.717, 1.165) is 0 Å². The molecular weight excluding hydrogens is 258 g/mol. The summed E-state index contributed by atoms with van der Waals surface area (Å²) in [6, 6.07) is 6.65. The lowest BCUT2D eigenvalue weighted by Gasteiger charge is -2.05. The van der Waals surface area contributed by atoms with Crippen molar-refractivity contribution in [2.75, 3.05) is 12.5 Å². The third-order valence-electron chi connectivity index (χ3n) is 2.62. The maximum absolute atomic E-state index is 10.8. The highest BCUT2D eigenvalue weighted by Crippen LogP contribution is 2.28. The molecule has 0 amide bonds. The predicted molar refractivity (Wildman–Crippen MR) is 75.5 cm³/mol. The zero-order valence-corrected chi connectivity index (χ0v) is 10.8.